The zero-order valence-corrected chi connectivity index (χ0v) is 9.67. The van der Waals surface area contributed by atoms with E-state index in [2.05, 4.69) is 4.98 Å². The van der Waals surface area contributed by atoms with Crippen LogP contribution in [0.5, 0.6) is 0 Å². The van der Waals surface area contributed by atoms with Gasteiger partial charge in [-0.2, -0.15) is 0 Å². The summed E-state index contributed by atoms with van der Waals surface area (Å²) in [5, 5.41) is 9.14. The second-order valence-electron chi connectivity index (χ2n) is 4.26. The number of carbonyl (C=O) groups is 1. The molecule has 2 heterocycles. The van der Waals surface area contributed by atoms with Crippen molar-refractivity contribution in [2.24, 2.45) is 0 Å². The summed E-state index contributed by atoms with van der Waals surface area (Å²) in [5.41, 5.74) is 2.18. The first-order valence-electron chi connectivity index (χ1n) is 4.91. The highest BCUT2D eigenvalue weighted by molar-refractivity contribution is 7.09. The molecule has 1 N–H and O–H groups in total. The third-order valence-electron chi connectivity index (χ3n) is 2.99. The minimum atomic E-state index is -0.790. The van der Waals surface area contributed by atoms with Gasteiger partial charge in [0.15, 0.2) is 0 Å². The van der Waals surface area contributed by atoms with Gasteiger partial charge in [0.25, 0.3) is 0 Å². The molecule has 0 amide bonds. The van der Waals surface area contributed by atoms with E-state index in [9.17, 15) is 4.79 Å². The number of carboxylic acid groups (broad SMARTS) is 1. The summed E-state index contributed by atoms with van der Waals surface area (Å²) >= 11 is 1.61. The second kappa shape index (κ2) is 3.57. The van der Waals surface area contributed by atoms with Crippen LogP contribution < -0.4 is 0 Å². The third-order valence-corrected chi connectivity index (χ3v) is 3.85. The maximum absolute atomic E-state index is 11.1. The molecular formula is C10H14N2O2S. The van der Waals surface area contributed by atoms with Gasteiger partial charge >= 0.3 is 5.97 Å². The van der Waals surface area contributed by atoms with Crippen LogP contribution in [0.3, 0.4) is 0 Å². The first-order chi connectivity index (χ1) is 7.01. The van der Waals surface area contributed by atoms with Gasteiger partial charge < -0.3 is 5.11 Å². The van der Waals surface area contributed by atoms with Crippen molar-refractivity contribution >= 4 is 17.3 Å². The van der Waals surface area contributed by atoms with Gasteiger partial charge in [-0.1, -0.05) is 0 Å². The number of fused-ring (bicyclic) bond motifs is 1. The summed E-state index contributed by atoms with van der Waals surface area (Å²) in [6.45, 7) is 4.98. The maximum atomic E-state index is 11.1. The Kier molecular flexibility index (Phi) is 2.52. The van der Waals surface area contributed by atoms with E-state index in [0.717, 1.165) is 18.7 Å². The largest absolute Gasteiger partial charge is 0.480 e. The fourth-order valence-corrected chi connectivity index (χ4v) is 2.56. The summed E-state index contributed by atoms with van der Waals surface area (Å²) < 4.78 is 0. The molecule has 1 aromatic rings. The number of hydrogen-bond acceptors (Lipinski definition) is 4. The number of aliphatic carboxylic acids is 1. The second-order valence-corrected chi connectivity index (χ2v) is 5.20. The summed E-state index contributed by atoms with van der Waals surface area (Å²) in [7, 11) is 0. The number of rotatable bonds is 2. The third kappa shape index (κ3) is 1.77. The summed E-state index contributed by atoms with van der Waals surface area (Å²) in [6.07, 6.45) is 0.857. The van der Waals surface area contributed by atoms with E-state index in [0.29, 0.717) is 6.54 Å². The smallest absolute Gasteiger partial charge is 0.323 e. The molecule has 0 bridgehead atoms. The average Bonchev–Trinajstić information content (AvgIpc) is 2.63. The minimum absolute atomic E-state index is 0.708. The first kappa shape index (κ1) is 10.6. The Balaban J connectivity index is 2.20. The van der Waals surface area contributed by atoms with Gasteiger partial charge in [0.05, 0.1) is 11.2 Å². The molecule has 0 spiro atoms. The topological polar surface area (TPSA) is 53.4 Å². The molecule has 0 aromatic carbocycles. The maximum Gasteiger partial charge on any atom is 0.323 e. The highest BCUT2D eigenvalue weighted by atomic mass is 32.1. The SMILES string of the molecule is CC(C)(C(=O)O)N1CCc2ncsc2C1. The molecule has 4 nitrogen and oxygen atoms in total. The first-order valence-corrected chi connectivity index (χ1v) is 5.79. The average molecular weight is 226 g/mol. The Morgan fingerprint density at radius 3 is 3.07 bits per heavy atom. The molecule has 0 saturated carbocycles. The quantitative estimate of drug-likeness (QED) is 0.827. The zero-order valence-electron chi connectivity index (χ0n) is 8.86. The van der Waals surface area contributed by atoms with E-state index < -0.39 is 11.5 Å². The number of nitrogens with zero attached hydrogens (tertiary/aromatic N) is 2. The van der Waals surface area contributed by atoms with Crippen LogP contribution in [0, 0.1) is 0 Å². The van der Waals surface area contributed by atoms with Gasteiger partial charge in [-0.3, -0.25) is 9.69 Å². The number of hydrogen-bond donors (Lipinski definition) is 1. The van der Waals surface area contributed by atoms with Crippen LogP contribution in [0.15, 0.2) is 5.51 Å². The van der Waals surface area contributed by atoms with Gasteiger partial charge in [0.2, 0.25) is 0 Å². The van der Waals surface area contributed by atoms with Crippen LogP contribution in [0.25, 0.3) is 0 Å². The van der Waals surface area contributed by atoms with Crippen molar-refractivity contribution in [3.05, 3.63) is 16.1 Å². The molecule has 0 atom stereocenters. The summed E-state index contributed by atoms with van der Waals surface area (Å²) in [5.74, 6) is -0.768. The molecule has 15 heavy (non-hydrogen) atoms. The van der Waals surface area contributed by atoms with Gasteiger partial charge in [0.1, 0.15) is 5.54 Å². The van der Waals surface area contributed by atoms with Gasteiger partial charge in [0, 0.05) is 24.4 Å². The van der Waals surface area contributed by atoms with E-state index in [-0.39, 0.29) is 0 Å². The fourth-order valence-electron chi connectivity index (χ4n) is 1.73. The van der Waals surface area contributed by atoms with Crippen LogP contribution >= 0.6 is 11.3 Å². The van der Waals surface area contributed by atoms with Crippen molar-refractivity contribution in [2.45, 2.75) is 32.4 Å². The Labute approximate surface area is 92.6 Å². The molecular weight excluding hydrogens is 212 g/mol. The number of carboxylic acids is 1. The molecule has 1 aromatic heterocycles. The van der Waals surface area contributed by atoms with Crippen LogP contribution in [0.4, 0.5) is 0 Å². The number of aromatic nitrogens is 1. The monoisotopic (exact) mass is 226 g/mol. The molecule has 2 rings (SSSR count). The molecule has 0 saturated heterocycles. The van der Waals surface area contributed by atoms with Crippen molar-refractivity contribution in [3.8, 4) is 0 Å². The lowest BCUT2D eigenvalue weighted by molar-refractivity contribution is -0.150. The van der Waals surface area contributed by atoms with E-state index in [4.69, 9.17) is 5.11 Å². The Bertz CT molecular complexity index is 387. The zero-order chi connectivity index (χ0) is 11.1. The Hall–Kier alpha value is -0.940. The Morgan fingerprint density at radius 2 is 2.40 bits per heavy atom. The highest BCUT2D eigenvalue weighted by Crippen LogP contribution is 2.27. The van der Waals surface area contributed by atoms with E-state index in [1.165, 1.54) is 4.88 Å². The number of thiazole rings is 1. The predicted octanol–water partition coefficient (Wildman–Crippen LogP) is 1.36. The lowest BCUT2D eigenvalue weighted by Gasteiger charge is -2.37. The van der Waals surface area contributed by atoms with Gasteiger partial charge in [-0.15, -0.1) is 11.3 Å². The molecule has 0 radical (unpaired) electrons. The standard InChI is InChI=1S/C10H14N2O2S/c1-10(2,9(13)14)12-4-3-7-8(5-12)15-6-11-7/h6H,3-5H2,1-2H3,(H,13,14). The predicted molar refractivity (Wildman–Crippen MR) is 57.9 cm³/mol. The molecule has 0 unspecified atom stereocenters. The molecule has 5 heteroatoms. The van der Waals surface area contributed by atoms with Gasteiger partial charge in [-0.25, -0.2) is 4.98 Å². The molecule has 0 fully saturated rings. The Morgan fingerprint density at radius 1 is 1.67 bits per heavy atom. The van der Waals surface area contributed by atoms with Crippen molar-refractivity contribution in [3.63, 3.8) is 0 Å². The normalized spacial score (nSPS) is 17.5. The summed E-state index contributed by atoms with van der Waals surface area (Å²) in [6, 6.07) is 0. The van der Waals surface area contributed by atoms with Crippen molar-refractivity contribution < 1.29 is 9.90 Å². The van der Waals surface area contributed by atoms with Gasteiger partial charge in [-0.05, 0) is 13.8 Å². The highest BCUT2D eigenvalue weighted by Gasteiger charge is 2.36. The summed E-state index contributed by atoms with van der Waals surface area (Å²) in [4.78, 5) is 18.6. The van der Waals surface area contributed by atoms with Crippen LogP contribution in [-0.4, -0.2) is 33.0 Å². The van der Waals surface area contributed by atoms with E-state index >= 15 is 0 Å². The fraction of sp³-hybridized carbons (Fsp3) is 0.600. The van der Waals surface area contributed by atoms with Crippen molar-refractivity contribution in [1.82, 2.24) is 9.88 Å². The lowest BCUT2D eigenvalue weighted by Crippen LogP contribution is -2.51. The lowest BCUT2D eigenvalue weighted by atomic mass is 10.00. The molecule has 82 valence electrons. The van der Waals surface area contributed by atoms with E-state index in [1.54, 1.807) is 25.2 Å². The molecule has 1 aliphatic heterocycles. The van der Waals surface area contributed by atoms with Crippen LogP contribution in [-0.2, 0) is 17.8 Å². The van der Waals surface area contributed by atoms with Crippen LogP contribution in [0.2, 0.25) is 0 Å². The van der Waals surface area contributed by atoms with Crippen molar-refractivity contribution in [1.29, 1.82) is 0 Å². The van der Waals surface area contributed by atoms with Crippen molar-refractivity contribution in [2.75, 3.05) is 6.54 Å². The van der Waals surface area contributed by atoms with Crippen LogP contribution in [0.1, 0.15) is 24.4 Å². The molecule has 1 aliphatic rings. The minimum Gasteiger partial charge on any atom is -0.480 e. The molecule has 0 aliphatic carbocycles. The van der Waals surface area contributed by atoms with E-state index in [1.807, 2.05) is 10.4 Å².